The lowest BCUT2D eigenvalue weighted by Gasteiger charge is -2.35. The van der Waals surface area contributed by atoms with Crippen molar-refractivity contribution in [3.8, 4) is 0 Å². The molecule has 0 aliphatic carbocycles. The molecule has 0 bridgehead atoms. The van der Waals surface area contributed by atoms with Crippen LogP contribution in [0.15, 0.2) is 15.9 Å². The van der Waals surface area contributed by atoms with Crippen LogP contribution in [0.2, 0.25) is 0 Å². The molecule has 0 saturated carbocycles. The maximum Gasteiger partial charge on any atom is 0.0702 e. The SMILES string of the molecule is CCN(C(C)CN(C)C)C(CN)c1ccc(Br)s1. The topological polar surface area (TPSA) is 32.5 Å². The molecule has 1 aromatic rings. The molecule has 1 aromatic heterocycles. The molecule has 0 aliphatic heterocycles. The summed E-state index contributed by atoms with van der Waals surface area (Å²) in [5.74, 6) is 0. The second-order valence-corrected chi connectivity index (χ2v) is 7.33. The lowest BCUT2D eigenvalue weighted by Crippen LogP contribution is -2.44. The first-order chi connectivity index (χ1) is 8.49. The third-order valence-electron chi connectivity index (χ3n) is 3.11. The summed E-state index contributed by atoms with van der Waals surface area (Å²) in [5, 5.41) is 0. The van der Waals surface area contributed by atoms with Crippen LogP contribution in [0.25, 0.3) is 0 Å². The van der Waals surface area contributed by atoms with Gasteiger partial charge in [-0.2, -0.15) is 0 Å². The van der Waals surface area contributed by atoms with E-state index in [9.17, 15) is 0 Å². The van der Waals surface area contributed by atoms with Gasteiger partial charge in [-0.25, -0.2) is 0 Å². The van der Waals surface area contributed by atoms with E-state index in [4.69, 9.17) is 5.73 Å². The quantitative estimate of drug-likeness (QED) is 0.832. The van der Waals surface area contributed by atoms with Gasteiger partial charge in [-0.05, 0) is 55.6 Å². The Labute approximate surface area is 123 Å². The predicted octanol–water partition coefficient (Wildman–Crippen LogP) is 2.78. The van der Waals surface area contributed by atoms with Gasteiger partial charge in [0.05, 0.1) is 9.83 Å². The maximum atomic E-state index is 6.00. The molecular formula is C13H24BrN3S. The molecule has 0 fully saturated rings. The van der Waals surface area contributed by atoms with Crippen LogP contribution in [0.3, 0.4) is 0 Å². The van der Waals surface area contributed by atoms with E-state index in [0.717, 1.165) is 13.1 Å². The van der Waals surface area contributed by atoms with Crippen LogP contribution in [0.4, 0.5) is 0 Å². The zero-order chi connectivity index (χ0) is 13.7. The number of thiophene rings is 1. The van der Waals surface area contributed by atoms with E-state index in [1.165, 1.54) is 8.66 Å². The molecule has 2 unspecified atom stereocenters. The van der Waals surface area contributed by atoms with Crippen LogP contribution in [0.1, 0.15) is 24.8 Å². The Morgan fingerprint density at radius 2 is 2.06 bits per heavy atom. The fraction of sp³-hybridized carbons (Fsp3) is 0.692. The Hall–Kier alpha value is 0.0600. The second kappa shape index (κ2) is 7.60. The van der Waals surface area contributed by atoms with Gasteiger partial charge < -0.3 is 10.6 Å². The molecule has 0 amide bonds. The molecule has 3 nitrogen and oxygen atoms in total. The molecular weight excluding hydrogens is 310 g/mol. The molecule has 18 heavy (non-hydrogen) atoms. The van der Waals surface area contributed by atoms with E-state index in [1.807, 2.05) is 0 Å². The first-order valence-electron chi connectivity index (χ1n) is 6.35. The highest BCUT2D eigenvalue weighted by Crippen LogP contribution is 2.31. The fourth-order valence-electron chi connectivity index (χ4n) is 2.39. The molecule has 2 N–H and O–H groups in total. The summed E-state index contributed by atoms with van der Waals surface area (Å²) in [6.45, 7) is 7.22. The van der Waals surface area contributed by atoms with Gasteiger partial charge in [0, 0.05) is 24.0 Å². The molecule has 0 saturated heterocycles. The third-order valence-corrected chi connectivity index (χ3v) is 4.83. The van der Waals surface area contributed by atoms with Crippen LogP contribution in [-0.4, -0.2) is 49.6 Å². The Bertz CT molecular complexity index is 354. The van der Waals surface area contributed by atoms with E-state index in [1.54, 1.807) is 11.3 Å². The van der Waals surface area contributed by atoms with Crippen LogP contribution >= 0.6 is 27.3 Å². The number of nitrogens with zero attached hydrogens (tertiary/aromatic N) is 2. The van der Waals surface area contributed by atoms with Crippen LogP contribution in [0.5, 0.6) is 0 Å². The summed E-state index contributed by atoms with van der Waals surface area (Å²) in [6.07, 6.45) is 0. The number of likely N-dealkylation sites (N-methyl/N-ethyl adjacent to an activating group) is 2. The number of rotatable bonds is 7. The molecule has 5 heteroatoms. The summed E-state index contributed by atoms with van der Waals surface area (Å²) >= 11 is 5.31. The van der Waals surface area contributed by atoms with Crippen molar-refractivity contribution in [1.82, 2.24) is 9.80 Å². The number of nitrogens with two attached hydrogens (primary N) is 1. The molecule has 0 radical (unpaired) electrons. The summed E-state index contributed by atoms with van der Waals surface area (Å²) in [6, 6.07) is 5.10. The maximum absolute atomic E-state index is 6.00. The smallest absolute Gasteiger partial charge is 0.0702 e. The van der Waals surface area contributed by atoms with Gasteiger partial charge >= 0.3 is 0 Å². The Morgan fingerprint density at radius 1 is 1.39 bits per heavy atom. The zero-order valence-corrected chi connectivity index (χ0v) is 14.1. The first kappa shape index (κ1) is 16.1. The third kappa shape index (κ3) is 4.31. The van der Waals surface area contributed by atoms with Crippen molar-refractivity contribution in [3.63, 3.8) is 0 Å². The Morgan fingerprint density at radius 3 is 2.44 bits per heavy atom. The highest BCUT2D eigenvalue weighted by molar-refractivity contribution is 9.11. The standard InChI is InChI=1S/C13H24BrN3S/c1-5-17(10(2)9-16(3)4)11(8-15)12-6-7-13(14)18-12/h6-7,10-11H,5,8-9,15H2,1-4H3. The summed E-state index contributed by atoms with van der Waals surface area (Å²) in [7, 11) is 4.23. The Balaban J connectivity index is 2.83. The van der Waals surface area contributed by atoms with E-state index < -0.39 is 0 Å². The number of halogens is 1. The Kier molecular flexibility index (Phi) is 6.81. The van der Waals surface area contributed by atoms with E-state index in [2.05, 4.69) is 65.8 Å². The van der Waals surface area contributed by atoms with E-state index in [-0.39, 0.29) is 0 Å². The van der Waals surface area contributed by atoms with Gasteiger partial charge in [0.2, 0.25) is 0 Å². The molecule has 0 spiro atoms. The molecule has 1 rings (SSSR count). The van der Waals surface area contributed by atoms with Crippen molar-refractivity contribution in [2.24, 2.45) is 5.73 Å². The van der Waals surface area contributed by atoms with Gasteiger partial charge in [-0.1, -0.05) is 6.92 Å². The summed E-state index contributed by atoms with van der Waals surface area (Å²) in [4.78, 5) is 6.06. The van der Waals surface area contributed by atoms with Crippen LogP contribution in [-0.2, 0) is 0 Å². The van der Waals surface area contributed by atoms with Crippen LogP contribution < -0.4 is 5.73 Å². The highest BCUT2D eigenvalue weighted by atomic mass is 79.9. The number of hydrogen-bond acceptors (Lipinski definition) is 4. The first-order valence-corrected chi connectivity index (χ1v) is 7.96. The minimum Gasteiger partial charge on any atom is -0.329 e. The largest absolute Gasteiger partial charge is 0.329 e. The van der Waals surface area contributed by atoms with Crippen molar-refractivity contribution < 1.29 is 0 Å². The second-order valence-electron chi connectivity index (χ2n) is 4.84. The van der Waals surface area contributed by atoms with Gasteiger partial charge in [0.25, 0.3) is 0 Å². The molecule has 1 heterocycles. The average molecular weight is 334 g/mol. The van der Waals surface area contributed by atoms with Crippen molar-refractivity contribution >= 4 is 27.3 Å². The van der Waals surface area contributed by atoms with Crippen molar-refractivity contribution in [1.29, 1.82) is 0 Å². The van der Waals surface area contributed by atoms with E-state index >= 15 is 0 Å². The minimum absolute atomic E-state index is 0.321. The predicted molar refractivity (Wildman–Crippen MR) is 84.2 cm³/mol. The van der Waals surface area contributed by atoms with Crippen LogP contribution in [0, 0.1) is 0 Å². The number of hydrogen-bond donors (Lipinski definition) is 1. The lowest BCUT2D eigenvalue weighted by atomic mass is 10.1. The van der Waals surface area contributed by atoms with Crippen molar-refractivity contribution in [2.75, 3.05) is 33.7 Å². The minimum atomic E-state index is 0.321. The van der Waals surface area contributed by atoms with Crippen molar-refractivity contribution in [2.45, 2.75) is 25.9 Å². The summed E-state index contributed by atoms with van der Waals surface area (Å²) < 4.78 is 1.17. The van der Waals surface area contributed by atoms with Gasteiger partial charge in [0.1, 0.15) is 0 Å². The average Bonchev–Trinajstić information content (AvgIpc) is 2.71. The fourth-order valence-corrected chi connectivity index (χ4v) is 3.95. The highest BCUT2D eigenvalue weighted by Gasteiger charge is 2.24. The summed E-state index contributed by atoms with van der Waals surface area (Å²) in [5.41, 5.74) is 6.00. The molecule has 0 aromatic carbocycles. The molecule has 2 atom stereocenters. The molecule has 104 valence electrons. The zero-order valence-electron chi connectivity index (χ0n) is 11.7. The van der Waals surface area contributed by atoms with Crippen molar-refractivity contribution in [3.05, 3.63) is 20.8 Å². The van der Waals surface area contributed by atoms with Gasteiger partial charge in [-0.3, -0.25) is 4.90 Å². The lowest BCUT2D eigenvalue weighted by molar-refractivity contribution is 0.133. The normalized spacial score (nSPS) is 15.3. The molecule has 0 aliphatic rings. The van der Waals surface area contributed by atoms with Gasteiger partial charge in [0.15, 0.2) is 0 Å². The van der Waals surface area contributed by atoms with E-state index in [0.29, 0.717) is 18.6 Å². The van der Waals surface area contributed by atoms with Gasteiger partial charge in [-0.15, -0.1) is 11.3 Å². The monoisotopic (exact) mass is 333 g/mol.